The molecule has 0 saturated carbocycles. The van der Waals surface area contributed by atoms with Crippen LogP contribution in [0.15, 0.2) is 23.0 Å². The third-order valence-electron chi connectivity index (χ3n) is 2.42. The number of rotatable bonds is 2. The first-order chi connectivity index (χ1) is 6.45. The lowest BCUT2D eigenvalue weighted by atomic mass is 10.3. The van der Waals surface area contributed by atoms with E-state index in [-0.39, 0.29) is 0 Å². The summed E-state index contributed by atoms with van der Waals surface area (Å²) in [4.78, 5) is 2.46. The minimum absolute atomic E-state index is 1.03. The molecule has 2 rings (SSSR count). The van der Waals surface area contributed by atoms with Gasteiger partial charge in [-0.15, -0.1) is 0 Å². The van der Waals surface area contributed by atoms with Crippen molar-refractivity contribution in [1.29, 1.82) is 0 Å². The van der Waals surface area contributed by atoms with E-state index in [9.17, 15) is 0 Å². The van der Waals surface area contributed by atoms with Gasteiger partial charge in [0.25, 0.3) is 0 Å². The van der Waals surface area contributed by atoms with Crippen LogP contribution in [0.4, 0.5) is 0 Å². The summed E-state index contributed by atoms with van der Waals surface area (Å²) in [6.07, 6.45) is 4.82. The van der Waals surface area contributed by atoms with Crippen LogP contribution in [0.1, 0.15) is 12.0 Å². The van der Waals surface area contributed by atoms with Crippen LogP contribution in [-0.2, 0) is 6.54 Å². The van der Waals surface area contributed by atoms with E-state index in [0.29, 0.717) is 0 Å². The van der Waals surface area contributed by atoms with E-state index in [4.69, 9.17) is 4.42 Å². The molecule has 1 N–H and O–H groups in total. The Kier molecular flexibility index (Phi) is 3.00. The first-order valence-corrected chi connectivity index (χ1v) is 4.89. The summed E-state index contributed by atoms with van der Waals surface area (Å²) in [5, 5.41) is 3.39. The van der Waals surface area contributed by atoms with Crippen molar-refractivity contribution in [1.82, 2.24) is 10.2 Å². The summed E-state index contributed by atoms with van der Waals surface area (Å²) < 4.78 is 5.04. The first kappa shape index (κ1) is 8.78. The Hall–Kier alpha value is -0.800. The molecule has 0 unspecified atom stereocenters. The molecular formula is C10H16N2O. The Labute approximate surface area is 78.7 Å². The van der Waals surface area contributed by atoms with E-state index in [2.05, 4.69) is 10.2 Å². The van der Waals surface area contributed by atoms with Crippen LogP contribution >= 0.6 is 0 Å². The first-order valence-electron chi connectivity index (χ1n) is 4.89. The van der Waals surface area contributed by atoms with Crippen LogP contribution in [0, 0.1) is 0 Å². The summed E-state index contributed by atoms with van der Waals surface area (Å²) >= 11 is 0. The summed E-state index contributed by atoms with van der Waals surface area (Å²) in [6.45, 7) is 5.63. The van der Waals surface area contributed by atoms with Crippen LogP contribution in [0.25, 0.3) is 0 Å². The van der Waals surface area contributed by atoms with Gasteiger partial charge in [-0.1, -0.05) is 0 Å². The van der Waals surface area contributed by atoms with Crippen molar-refractivity contribution in [3.05, 3.63) is 24.2 Å². The number of hydrogen-bond donors (Lipinski definition) is 1. The molecule has 1 aromatic rings. The van der Waals surface area contributed by atoms with Gasteiger partial charge in [0.15, 0.2) is 0 Å². The van der Waals surface area contributed by atoms with Gasteiger partial charge in [-0.25, -0.2) is 0 Å². The fraction of sp³-hybridized carbons (Fsp3) is 0.600. The van der Waals surface area contributed by atoms with E-state index in [0.717, 1.165) is 26.2 Å². The van der Waals surface area contributed by atoms with E-state index < -0.39 is 0 Å². The third kappa shape index (κ3) is 2.57. The molecule has 1 fully saturated rings. The zero-order valence-electron chi connectivity index (χ0n) is 7.83. The van der Waals surface area contributed by atoms with E-state index in [1.807, 2.05) is 12.3 Å². The van der Waals surface area contributed by atoms with E-state index >= 15 is 0 Å². The van der Waals surface area contributed by atoms with Crippen LogP contribution < -0.4 is 5.32 Å². The van der Waals surface area contributed by atoms with Crippen LogP contribution in [-0.4, -0.2) is 31.1 Å². The summed E-state index contributed by atoms with van der Waals surface area (Å²) in [7, 11) is 0. The maximum atomic E-state index is 5.04. The molecule has 0 atom stereocenters. The van der Waals surface area contributed by atoms with Gasteiger partial charge in [-0.05, 0) is 25.6 Å². The highest BCUT2D eigenvalue weighted by Gasteiger charge is 2.08. The van der Waals surface area contributed by atoms with Crippen molar-refractivity contribution in [2.45, 2.75) is 13.0 Å². The van der Waals surface area contributed by atoms with Gasteiger partial charge in [0.05, 0.1) is 12.5 Å². The fourth-order valence-corrected chi connectivity index (χ4v) is 1.70. The predicted molar refractivity (Wildman–Crippen MR) is 51.5 cm³/mol. The van der Waals surface area contributed by atoms with Gasteiger partial charge < -0.3 is 9.73 Å². The molecule has 0 aliphatic carbocycles. The van der Waals surface area contributed by atoms with Crippen molar-refractivity contribution >= 4 is 0 Å². The fourth-order valence-electron chi connectivity index (χ4n) is 1.70. The molecule has 0 radical (unpaired) electrons. The van der Waals surface area contributed by atoms with Crippen molar-refractivity contribution in [2.24, 2.45) is 0 Å². The molecule has 1 aromatic heterocycles. The predicted octanol–water partition coefficient (Wildman–Crippen LogP) is 1.07. The largest absolute Gasteiger partial charge is 0.472 e. The van der Waals surface area contributed by atoms with Gasteiger partial charge in [-0.3, -0.25) is 4.90 Å². The molecule has 0 amide bonds. The highest BCUT2D eigenvalue weighted by Crippen LogP contribution is 2.06. The molecule has 0 bridgehead atoms. The monoisotopic (exact) mass is 180 g/mol. The second-order valence-electron chi connectivity index (χ2n) is 3.51. The standard InChI is InChI=1S/C10H16N2O/c1-3-11-4-6-12(5-1)8-10-2-7-13-9-10/h2,7,9,11H,1,3-6,8H2. The average Bonchev–Trinajstić information content (AvgIpc) is 2.49. The Morgan fingerprint density at radius 2 is 2.38 bits per heavy atom. The smallest absolute Gasteiger partial charge is 0.0947 e. The maximum Gasteiger partial charge on any atom is 0.0947 e. The van der Waals surface area contributed by atoms with Gasteiger partial charge in [-0.2, -0.15) is 0 Å². The minimum Gasteiger partial charge on any atom is -0.472 e. The van der Waals surface area contributed by atoms with Crippen LogP contribution in [0.3, 0.4) is 0 Å². The third-order valence-corrected chi connectivity index (χ3v) is 2.42. The average molecular weight is 180 g/mol. The van der Waals surface area contributed by atoms with Crippen molar-refractivity contribution in [3.8, 4) is 0 Å². The summed E-state index contributed by atoms with van der Waals surface area (Å²) in [5.41, 5.74) is 1.28. The Balaban J connectivity index is 1.86. The number of nitrogens with zero attached hydrogens (tertiary/aromatic N) is 1. The molecule has 3 heteroatoms. The van der Waals surface area contributed by atoms with Gasteiger partial charge >= 0.3 is 0 Å². The van der Waals surface area contributed by atoms with Crippen LogP contribution in [0.2, 0.25) is 0 Å². The van der Waals surface area contributed by atoms with Crippen LogP contribution in [0.5, 0.6) is 0 Å². The normalized spacial score (nSPS) is 20.0. The molecule has 72 valence electrons. The van der Waals surface area contributed by atoms with E-state index in [1.165, 1.54) is 18.5 Å². The zero-order valence-corrected chi connectivity index (χ0v) is 7.83. The second kappa shape index (κ2) is 4.44. The molecule has 3 nitrogen and oxygen atoms in total. The Bertz CT molecular complexity index is 225. The topological polar surface area (TPSA) is 28.4 Å². The lowest BCUT2D eigenvalue weighted by Gasteiger charge is -2.17. The zero-order chi connectivity index (χ0) is 8.93. The molecular weight excluding hydrogens is 164 g/mol. The number of furan rings is 1. The second-order valence-corrected chi connectivity index (χ2v) is 3.51. The number of nitrogens with one attached hydrogen (secondary N) is 1. The molecule has 13 heavy (non-hydrogen) atoms. The Morgan fingerprint density at radius 1 is 1.38 bits per heavy atom. The quantitative estimate of drug-likeness (QED) is 0.738. The van der Waals surface area contributed by atoms with Crippen molar-refractivity contribution in [3.63, 3.8) is 0 Å². The summed E-state index contributed by atoms with van der Waals surface area (Å²) in [5.74, 6) is 0. The lowest BCUT2D eigenvalue weighted by Crippen LogP contribution is -2.27. The highest BCUT2D eigenvalue weighted by atomic mass is 16.3. The Morgan fingerprint density at radius 3 is 3.23 bits per heavy atom. The molecule has 0 aromatic carbocycles. The SMILES string of the molecule is c1cc(CN2CCCNCC2)co1. The lowest BCUT2D eigenvalue weighted by molar-refractivity contribution is 0.283. The molecule has 2 heterocycles. The van der Waals surface area contributed by atoms with Gasteiger partial charge in [0.1, 0.15) is 0 Å². The molecule has 1 aliphatic rings. The molecule has 0 spiro atoms. The van der Waals surface area contributed by atoms with Gasteiger partial charge in [0.2, 0.25) is 0 Å². The van der Waals surface area contributed by atoms with Crippen molar-refractivity contribution in [2.75, 3.05) is 26.2 Å². The molecule has 1 saturated heterocycles. The highest BCUT2D eigenvalue weighted by molar-refractivity contribution is 5.04. The molecule has 1 aliphatic heterocycles. The van der Waals surface area contributed by atoms with Gasteiger partial charge in [0, 0.05) is 25.2 Å². The minimum atomic E-state index is 1.03. The summed E-state index contributed by atoms with van der Waals surface area (Å²) in [6, 6.07) is 2.04. The van der Waals surface area contributed by atoms with E-state index in [1.54, 1.807) is 6.26 Å². The maximum absolute atomic E-state index is 5.04. The van der Waals surface area contributed by atoms with Crippen molar-refractivity contribution < 1.29 is 4.42 Å². The number of hydrogen-bond acceptors (Lipinski definition) is 3.